The number of likely N-dealkylation sites (N-methyl/N-ethyl adjacent to an activating group) is 1. The van der Waals surface area contributed by atoms with Gasteiger partial charge >= 0.3 is 0 Å². The van der Waals surface area contributed by atoms with Crippen LogP contribution in [0.4, 0.5) is 0 Å². The zero-order chi connectivity index (χ0) is 15.2. The van der Waals surface area contributed by atoms with Gasteiger partial charge in [0.1, 0.15) is 0 Å². The lowest BCUT2D eigenvalue weighted by Gasteiger charge is -2.19. The Morgan fingerprint density at radius 2 is 1.81 bits per heavy atom. The van der Waals surface area contributed by atoms with E-state index in [1.807, 2.05) is 0 Å². The van der Waals surface area contributed by atoms with Crippen molar-refractivity contribution in [2.75, 3.05) is 13.1 Å². The first-order chi connectivity index (χ1) is 10.1. The van der Waals surface area contributed by atoms with E-state index in [4.69, 9.17) is 11.6 Å². The topological polar surface area (TPSA) is 12.0 Å². The standard InChI is InChI=1S/C19H24ClN/c1-4-21-13-18(16-7-5-6-14(2)10-16)12-17-9-8-15(3)11-19(17)20/h5-11,18,21H,4,12-13H2,1-3H3. The van der Waals surface area contributed by atoms with Gasteiger partial charge in [0.15, 0.2) is 0 Å². The van der Waals surface area contributed by atoms with E-state index in [9.17, 15) is 0 Å². The molecule has 0 aliphatic rings. The number of hydrogen-bond donors (Lipinski definition) is 1. The van der Waals surface area contributed by atoms with E-state index < -0.39 is 0 Å². The number of benzene rings is 2. The van der Waals surface area contributed by atoms with Gasteiger partial charge in [0, 0.05) is 17.5 Å². The molecule has 0 saturated carbocycles. The van der Waals surface area contributed by atoms with E-state index in [1.165, 1.54) is 22.3 Å². The quantitative estimate of drug-likeness (QED) is 0.801. The van der Waals surface area contributed by atoms with E-state index in [2.05, 4.69) is 68.6 Å². The highest BCUT2D eigenvalue weighted by Gasteiger charge is 2.14. The minimum atomic E-state index is 0.449. The first-order valence-electron chi connectivity index (χ1n) is 7.62. The highest BCUT2D eigenvalue weighted by Crippen LogP contribution is 2.26. The van der Waals surface area contributed by atoms with Crippen LogP contribution in [0.15, 0.2) is 42.5 Å². The molecule has 1 atom stereocenters. The molecule has 0 radical (unpaired) electrons. The highest BCUT2D eigenvalue weighted by atomic mass is 35.5. The minimum absolute atomic E-state index is 0.449. The Labute approximate surface area is 133 Å². The number of halogens is 1. The van der Waals surface area contributed by atoms with Crippen molar-refractivity contribution >= 4 is 11.6 Å². The molecule has 2 aromatic carbocycles. The van der Waals surface area contributed by atoms with Gasteiger partial charge in [-0.3, -0.25) is 0 Å². The van der Waals surface area contributed by atoms with Crippen LogP contribution in [0.2, 0.25) is 5.02 Å². The summed E-state index contributed by atoms with van der Waals surface area (Å²) in [6.07, 6.45) is 0.968. The van der Waals surface area contributed by atoms with Gasteiger partial charge in [-0.15, -0.1) is 0 Å². The predicted molar refractivity (Wildman–Crippen MR) is 92.4 cm³/mol. The average Bonchev–Trinajstić information content (AvgIpc) is 2.45. The van der Waals surface area contributed by atoms with Crippen LogP contribution in [0, 0.1) is 13.8 Å². The lowest BCUT2D eigenvalue weighted by Crippen LogP contribution is -2.22. The molecule has 1 unspecified atom stereocenters. The summed E-state index contributed by atoms with van der Waals surface area (Å²) in [7, 11) is 0. The summed E-state index contributed by atoms with van der Waals surface area (Å²) in [6, 6.07) is 15.1. The third-order valence-corrected chi connectivity index (χ3v) is 4.18. The van der Waals surface area contributed by atoms with Gasteiger partial charge in [0.2, 0.25) is 0 Å². The second-order valence-electron chi connectivity index (χ2n) is 5.72. The van der Waals surface area contributed by atoms with Gasteiger partial charge in [-0.25, -0.2) is 0 Å². The van der Waals surface area contributed by atoms with Gasteiger partial charge in [-0.1, -0.05) is 60.5 Å². The summed E-state index contributed by atoms with van der Waals surface area (Å²) in [5.74, 6) is 0.449. The van der Waals surface area contributed by atoms with E-state index in [0.717, 1.165) is 24.5 Å². The lowest BCUT2D eigenvalue weighted by molar-refractivity contribution is 0.594. The fourth-order valence-corrected chi connectivity index (χ4v) is 2.95. The molecule has 0 aliphatic heterocycles. The van der Waals surface area contributed by atoms with E-state index >= 15 is 0 Å². The monoisotopic (exact) mass is 301 g/mol. The van der Waals surface area contributed by atoms with Crippen LogP contribution >= 0.6 is 11.6 Å². The lowest BCUT2D eigenvalue weighted by atomic mass is 9.90. The molecule has 1 N–H and O–H groups in total. The molecular formula is C19H24ClN. The largest absolute Gasteiger partial charge is 0.316 e. The average molecular weight is 302 g/mol. The molecule has 0 fully saturated rings. The van der Waals surface area contributed by atoms with Crippen molar-refractivity contribution in [3.8, 4) is 0 Å². The van der Waals surface area contributed by atoms with Crippen LogP contribution in [0.5, 0.6) is 0 Å². The first-order valence-corrected chi connectivity index (χ1v) is 8.00. The van der Waals surface area contributed by atoms with Crippen molar-refractivity contribution in [1.82, 2.24) is 5.32 Å². The van der Waals surface area contributed by atoms with Gasteiger partial charge < -0.3 is 5.32 Å². The third kappa shape index (κ3) is 4.59. The molecule has 2 rings (SSSR count). The Hall–Kier alpha value is -1.31. The molecule has 0 saturated heterocycles. The van der Waals surface area contributed by atoms with Crippen LogP contribution in [0.25, 0.3) is 0 Å². The van der Waals surface area contributed by atoms with E-state index in [0.29, 0.717) is 5.92 Å². The van der Waals surface area contributed by atoms with Crippen molar-refractivity contribution in [1.29, 1.82) is 0 Å². The van der Waals surface area contributed by atoms with Crippen LogP contribution < -0.4 is 5.32 Å². The fraction of sp³-hybridized carbons (Fsp3) is 0.368. The van der Waals surface area contributed by atoms with Gasteiger partial charge in [-0.2, -0.15) is 0 Å². The number of rotatable bonds is 6. The smallest absolute Gasteiger partial charge is 0.0440 e. The Morgan fingerprint density at radius 1 is 1.05 bits per heavy atom. The van der Waals surface area contributed by atoms with Crippen molar-refractivity contribution in [3.05, 3.63) is 69.7 Å². The maximum atomic E-state index is 6.41. The zero-order valence-corrected chi connectivity index (χ0v) is 13.9. The Balaban J connectivity index is 2.23. The summed E-state index contributed by atoms with van der Waals surface area (Å²) < 4.78 is 0. The number of aryl methyl sites for hydroxylation is 2. The predicted octanol–water partition coefficient (Wildman–Crippen LogP) is 4.89. The maximum absolute atomic E-state index is 6.41. The Kier molecular flexibility index (Phi) is 5.84. The molecule has 0 aromatic heterocycles. The Morgan fingerprint density at radius 3 is 2.48 bits per heavy atom. The van der Waals surface area contributed by atoms with Gasteiger partial charge in [0.05, 0.1) is 0 Å². The van der Waals surface area contributed by atoms with Crippen LogP contribution in [0.1, 0.15) is 35.1 Å². The number of nitrogens with one attached hydrogen (secondary N) is 1. The molecule has 1 nitrogen and oxygen atoms in total. The summed E-state index contributed by atoms with van der Waals surface area (Å²) in [5, 5.41) is 4.35. The maximum Gasteiger partial charge on any atom is 0.0440 e. The van der Waals surface area contributed by atoms with Crippen LogP contribution in [0.3, 0.4) is 0 Å². The first kappa shape index (κ1) is 16.1. The second-order valence-corrected chi connectivity index (χ2v) is 6.12. The molecule has 112 valence electrons. The van der Waals surface area contributed by atoms with Gasteiger partial charge in [-0.05, 0) is 49.6 Å². The second kappa shape index (κ2) is 7.63. The third-order valence-electron chi connectivity index (χ3n) is 3.83. The SMILES string of the molecule is CCNCC(Cc1ccc(C)cc1Cl)c1cccc(C)c1. The summed E-state index contributed by atoms with van der Waals surface area (Å²) >= 11 is 6.41. The van der Waals surface area contributed by atoms with Gasteiger partial charge in [0.25, 0.3) is 0 Å². The summed E-state index contributed by atoms with van der Waals surface area (Å²) in [4.78, 5) is 0. The number of hydrogen-bond acceptors (Lipinski definition) is 1. The molecule has 21 heavy (non-hydrogen) atoms. The molecule has 0 spiro atoms. The summed E-state index contributed by atoms with van der Waals surface area (Å²) in [5.41, 5.74) is 5.13. The molecule has 0 aliphatic carbocycles. The van der Waals surface area contributed by atoms with Crippen molar-refractivity contribution in [2.24, 2.45) is 0 Å². The van der Waals surface area contributed by atoms with E-state index in [-0.39, 0.29) is 0 Å². The molecule has 2 aromatic rings. The Bertz CT molecular complexity index is 592. The van der Waals surface area contributed by atoms with Crippen molar-refractivity contribution < 1.29 is 0 Å². The van der Waals surface area contributed by atoms with E-state index in [1.54, 1.807) is 0 Å². The van der Waals surface area contributed by atoms with Crippen molar-refractivity contribution in [3.63, 3.8) is 0 Å². The zero-order valence-electron chi connectivity index (χ0n) is 13.1. The molecule has 0 bridgehead atoms. The molecule has 0 heterocycles. The molecular weight excluding hydrogens is 278 g/mol. The molecule has 0 amide bonds. The fourth-order valence-electron chi connectivity index (χ4n) is 2.63. The van der Waals surface area contributed by atoms with Crippen LogP contribution in [-0.2, 0) is 6.42 Å². The van der Waals surface area contributed by atoms with Crippen LogP contribution in [-0.4, -0.2) is 13.1 Å². The normalized spacial score (nSPS) is 12.4. The van der Waals surface area contributed by atoms with Crippen molar-refractivity contribution in [2.45, 2.75) is 33.1 Å². The molecule has 2 heteroatoms. The highest BCUT2D eigenvalue weighted by molar-refractivity contribution is 6.31. The summed E-state index contributed by atoms with van der Waals surface area (Å²) in [6.45, 7) is 8.33. The minimum Gasteiger partial charge on any atom is -0.316 e.